The van der Waals surface area contributed by atoms with Gasteiger partial charge < -0.3 is 14.5 Å². The van der Waals surface area contributed by atoms with Crippen molar-refractivity contribution in [1.29, 1.82) is 0 Å². The van der Waals surface area contributed by atoms with Crippen molar-refractivity contribution >= 4 is 37.5 Å². The largest absolute Gasteiger partial charge is 0.416 e. The van der Waals surface area contributed by atoms with Crippen LogP contribution in [-0.4, -0.2) is 84.9 Å². The molecule has 0 spiro atoms. The fourth-order valence-corrected chi connectivity index (χ4v) is 8.52. The molecule has 4 heterocycles. The molecule has 2 aromatic carbocycles. The molecule has 0 bridgehead atoms. The lowest BCUT2D eigenvalue weighted by Gasteiger charge is -2.32. The molecular weight excluding hydrogens is 671 g/mol. The van der Waals surface area contributed by atoms with Crippen molar-refractivity contribution < 1.29 is 35.5 Å². The van der Waals surface area contributed by atoms with E-state index < -0.39 is 27.9 Å². The number of nitrogens with zero attached hydrogens (tertiary/aromatic N) is 5. The third-order valence-electron chi connectivity index (χ3n) is 9.10. The third-order valence-corrected chi connectivity index (χ3v) is 11.4. The summed E-state index contributed by atoms with van der Waals surface area (Å²) in [5, 5.41) is 6.22. The zero-order valence-electron chi connectivity index (χ0n) is 26.9. The highest BCUT2D eigenvalue weighted by Gasteiger charge is 2.33. The number of aromatic nitrogens is 2. The van der Waals surface area contributed by atoms with Crippen molar-refractivity contribution in [1.82, 2.24) is 23.9 Å². The predicted octanol–water partition coefficient (Wildman–Crippen LogP) is 6.57. The first-order chi connectivity index (χ1) is 22.7. The lowest BCUT2D eigenvalue weighted by Crippen LogP contribution is -2.36. The molecule has 0 saturated carbocycles. The minimum atomic E-state index is -4.46. The number of carbonyl (C=O) groups excluding carboxylic acids is 1. The van der Waals surface area contributed by atoms with Gasteiger partial charge in [-0.3, -0.25) is 4.68 Å². The maximum absolute atomic E-state index is 14.0. The highest BCUT2D eigenvalue weighted by atomic mass is 32.2. The van der Waals surface area contributed by atoms with Crippen LogP contribution in [0, 0.1) is 5.82 Å². The van der Waals surface area contributed by atoms with E-state index in [-0.39, 0.29) is 18.3 Å². The summed E-state index contributed by atoms with van der Waals surface area (Å²) in [6.07, 6.45) is -0.878. The van der Waals surface area contributed by atoms with Crippen molar-refractivity contribution in [3.63, 3.8) is 0 Å². The van der Waals surface area contributed by atoms with Crippen LogP contribution in [0.25, 0.3) is 21.3 Å². The molecule has 1 fully saturated rings. The van der Waals surface area contributed by atoms with Gasteiger partial charge in [-0.25, -0.2) is 17.6 Å². The Kier molecular flexibility index (Phi) is 9.59. The van der Waals surface area contributed by atoms with Crippen molar-refractivity contribution in [2.75, 3.05) is 46.5 Å². The van der Waals surface area contributed by atoms with Crippen LogP contribution in [-0.2, 0) is 35.7 Å². The molecule has 6 rings (SSSR count). The number of aryl methyl sites for hydroxylation is 1. The summed E-state index contributed by atoms with van der Waals surface area (Å²) in [7, 11) is -0.231. The van der Waals surface area contributed by atoms with Gasteiger partial charge in [0, 0.05) is 72.6 Å². The van der Waals surface area contributed by atoms with Crippen LogP contribution >= 0.6 is 11.3 Å². The quantitative estimate of drug-likeness (QED) is 0.193. The van der Waals surface area contributed by atoms with Gasteiger partial charge in [0.15, 0.2) is 5.06 Å². The number of rotatable bonds is 8. The molecule has 2 aliphatic heterocycles. The normalized spacial score (nSPS) is 16.7. The summed E-state index contributed by atoms with van der Waals surface area (Å²) in [4.78, 5) is 16.1. The van der Waals surface area contributed by atoms with Gasteiger partial charge in [-0.05, 0) is 69.1 Å². The van der Waals surface area contributed by atoms with Crippen LogP contribution in [0.2, 0.25) is 0 Å². The molecule has 2 aromatic heterocycles. The van der Waals surface area contributed by atoms with Crippen LogP contribution in [0.15, 0.2) is 42.5 Å². The summed E-state index contributed by atoms with van der Waals surface area (Å²) in [5.74, 6) is -0.194. The molecule has 0 atom stereocenters. The van der Waals surface area contributed by atoms with Crippen molar-refractivity contribution in [3.8, 4) is 16.3 Å². The number of thiophene rings is 1. The van der Waals surface area contributed by atoms with Crippen LogP contribution < -0.4 is 4.74 Å². The second-order valence-corrected chi connectivity index (χ2v) is 15.6. The first-order valence-corrected chi connectivity index (χ1v) is 18.4. The Balaban J connectivity index is 1.14. The number of benzene rings is 2. The average Bonchev–Trinajstić information content (AvgIpc) is 3.57. The first-order valence-electron chi connectivity index (χ1n) is 15.7. The molecule has 0 unspecified atom stereocenters. The lowest BCUT2D eigenvalue weighted by atomic mass is 9.88. The Labute approximate surface area is 280 Å². The fourth-order valence-electron chi connectivity index (χ4n) is 6.57. The maximum atomic E-state index is 14.0. The molecular formula is C33H37F4N5O4S2. The summed E-state index contributed by atoms with van der Waals surface area (Å²) in [5.41, 5.74) is 2.83. The molecule has 2 aliphatic rings. The molecule has 9 nitrogen and oxygen atoms in total. The van der Waals surface area contributed by atoms with Gasteiger partial charge in [0.2, 0.25) is 10.0 Å². The predicted molar refractivity (Wildman–Crippen MR) is 176 cm³/mol. The number of amides is 1. The van der Waals surface area contributed by atoms with Crippen molar-refractivity contribution in [3.05, 3.63) is 70.7 Å². The van der Waals surface area contributed by atoms with Gasteiger partial charge in [-0.15, -0.1) is 0 Å². The van der Waals surface area contributed by atoms with Crippen LogP contribution in [0.3, 0.4) is 0 Å². The Morgan fingerprint density at radius 3 is 2.42 bits per heavy atom. The van der Waals surface area contributed by atoms with E-state index in [9.17, 15) is 30.8 Å². The minimum absolute atomic E-state index is 0.119. The molecule has 48 heavy (non-hydrogen) atoms. The second-order valence-electron chi connectivity index (χ2n) is 12.6. The molecule has 258 valence electrons. The number of piperidine rings is 1. The van der Waals surface area contributed by atoms with Crippen LogP contribution in [0.1, 0.15) is 47.6 Å². The Hall–Kier alpha value is -3.53. The van der Waals surface area contributed by atoms with Crippen molar-refractivity contribution in [2.45, 2.75) is 50.9 Å². The van der Waals surface area contributed by atoms with Gasteiger partial charge in [0.05, 0.1) is 17.5 Å². The summed E-state index contributed by atoms with van der Waals surface area (Å²) < 4.78 is 88.1. The van der Waals surface area contributed by atoms with E-state index >= 15 is 0 Å². The molecule has 1 amide bonds. The first kappa shape index (κ1) is 34.3. The number of likely N-dealkylation sites (tertiary alicyclic amines) is 1. The summed E-state index contributed by atoms with van der Waals surface area (Å²) in [6.45, 7) is 3.45. The van der Waals surface area contributed by atoms with E-state index in [2.05, 4.69) is 4.90 Å². The van der Waals surface area contributed by atoms with Crippen LogP contribution in [0.5, 0.6) is 5.06 Å². The van der Waals surface area contributed by atoms with E-state index in [1.54, 1.807) is 20.2 Å². The van der Waals surface area contributed by atoms with Crippen LogP contribution in [0.4, 0.5) is 22.4 Å². The van der Waals surface area contributed by atoms with E-state index in [0.717, 1.165) is 84.2 Å². The minimum Gasteiger partial charge on any atom is -0.399 e. The monoisotopic (exact) mass is 707 g/mol. The smallest absolute Gasteiger partial charge is 0.399 e. The lowest BCUT2D eigenvalue weighted by molar-refractivity contribution is -0.137. The standard InChI is InChI=1S/C33H37F4N5O4S2/c1-39(2)32(43)46-31-29(25-10-9-24(34)19-28(25)47-31)21-11-16-40(17-12-21)14-4-15-42-27-13-18-41(48(3,44)45)20-26(27)30(38-42)22-5-7-23(8-6-22)33(35,36)37/h5-10,19,21H,4,11-18,20H2,1-3H3. The van der Waals surface area contributed by atoms with E-state index in [1.165, 1.54) is 44.8 Å². The molecule has 1 saturated heterocycles. The summed E-state index contributed by atoms with van der Waals surface area (Å²) in [6, 6.07) is 9.48. The summed E-state index contributed by atoms with van der Waals surface area (Å²) >= 11 is 1.28. The highest BCUT2D eigenvalue weighted by Crippen LogP contribution is 2.46. The number of hydrogen-bond acceptors (Lipinski definition) is 7. The number of sulfonamides is 1. The topological polar surface area (TPSA) is 88.0 Å². The van der Waals surface area contributed by atoms with E-state index in [0.29, 0.717) is 35.8 Å². The highest BCUT2D eigenvalue weighted by molar-refractivity contribution is 7.88. The molecule has 15 heteroatoms. The zero-order valence-corrected chi connectivity index (χ0v) is 28.5. The molecule has 4 aromatic rings. The number of halogens is 4. The van der Waals surface area contributed by atoms with Gasteiger partial charge in [-0.1, -0.05) is 29.5 Å². The van der Waals surface area contributed by atoms with Gasteiger partial charge >= 0.3 is 12.3 Å². The van der Waals surface area contributed by atoms with Gasteiger partial charge in [0.1, 0.15) is 5.82 Å². The Morgan fingerprint density at radius 1 is 1.06 bits per heavy atom. The van der Waals surface area contributed by atoms with Gasteiger partial charge in [-0.2, -0.15) is 22.6 Å². The number of ether oxygens (including phenoxy) is 1. The molecule has 0 aliphatic carbocycles. The number of hydrogen-bond donors (Lipinski definition) is 0. The van der Waals surface area contributed by atoms with E-state index in [1.807, 2.05) is 4.68 Å². The Morgan fingerprint density at radius 2 is 1.77 bits per heavy atom. The third kappa shape index (κ3) is 7.24. The zero-order chi connectivity index (χ0) is 34.4. The average molecular weight is 708 g/mol. The van der Waals surface area contributed by atoms with Gasteiger partial charge in [0.25, 0.3) is 0 Å². The van der Waals surface area contributed by atoms with Crippen molar-refractivity contribution in [2.24, 2.45) is 0 Å². The number of alkyl halides is 3. The molecule has 0 N–H and O–H groups in total. The Bertz CT molecular complexity index is 1910. The van der Waals surface area contributed by atoms with E-state index in [4.69, 9.17) is 9.84 Å². The maximum Gasteiger partial charge on any atom is 0.416 e. The fraction of sp³-hybridized carbons (Fsp3) is 0.455. The molecule has 0 radical (unpaired) electrons. The number of carbonyl (C=O) groups is 1. The SMILES string of the molecule is CN(C)C(=O)Oc1sc2cc(F)ccc2c1C1CCN(CCCn2nc(-c3ccc(C(F)(F)F)cc3)c3c2CCN(S(C)(=O)=O)C3)CC1. The second kappa shape index (κ2) is 13.4. The number of fused-ring (bicyclic) bond motifs is 2.